The van der Waals surface area contributed by atoms with Crippen molar-refractivity contribution in [1.82, 2.24) is 0 Å². The lowest BCUT2D eigenvalue weighted by molar-refractivity contribution is -0.138. The monoisotopic (exact) mass is 542 g/mol. The van der Waals surface area contributed by atoms with Gasteiger partial charge in [-0.2, -0.15) is 0 Å². The molecule has 3 rings (SSSR count). The third-order valence-electron chi connectivity index (χ3n) is 4.86. The minimum atomic E-state index is -0.334. The molecule has 0 fully saturated rings. The van der Waals surface area contributed by atoms with Gasteiger partial charge in [-0.1, -0.05) is 104 Å². The zero-order chi connectivity index (χ0) is 29.3. The van der Waals surface area contributed by atoms with E-state index >= 15 is 0 Å². The van der Waals surface area contributed by atoms with Crippen molar-refractivity contribution in [2.24, 2.45) is 0 Å². The number of carbonyl (C=O) groups is 3. The maximum absolute atomic E-state index is 11.2. The number of methoxy groups -OCH3 is 1. The summed E-state index contributed by atoms with van der Waals surface area (Å²) in [6, 6.07) is 28.9. The average Bonchev–Trinajstić information content (AvgIpc) is 3.00. The van der Waals surface area contributed by atoms with Crippen LogP contribution in [0.3, 0.4) is 0 Å². The first-order chi connectivity index (χ1) is 19.5. The number of hydrogen-bond acceptors (Lipinski definition) is 6. The molecule has 0 aliphatic heterocycles. The summed E-state index contributed by atoms with van der Waals surface area (Å²) < 4.78 is 14.2. The summed E-state index contributed by atoms with van der Waals surface area (Å²) in [5, 5.41) is 0. The summed E-state index contributed by atoms with van der Waals surface area (Å²) in [5.41, 5.74) is 2.99. The van der Waals surface area contributed by atoms with Crippen LogP contribution in [0.1, 0.15) is 43.4 Å². The lowest BCUT2D eigenvalue weighted by Crippen LogP contribution is -2.01. The fourth-order valence-corrected chi connectivity index (χ4v) is 2.81. The molecule has 0 radical (unpaired) electrons. The molecule has 0 spiro atoms. The Labute approximate surface area is 237 Å². The topological polar surface area (TPSA) is 78.9 Å². The molecule has 0 saturated carbocycles. The molecular formula is C34H38O6. The van der Waals surface area contributed by atoms with Gasteiger partial charge in [-0.05, 0) is 48.3 Å². The first-order valence-electron chi connectivity index (χ1n) is 13.1. The van der Waals surface area contributed by atoms with Crippen molar-refractivity contribution in [1.29, 1.82) is 0 Å². The summed E-state index contributed by atoms with van der Waals surface area (Å²) in [7, 11) is 1.36. The van der Waals surface area contributed by atoms with Crippen molar-refractivity contribution in [3.63, 3.8) is 0 Å². The van der Waals surface area contributed by atoms with Gasteiger partial charge in [-0.25, -0.2) is 14.4 Å². The van der Waals surface area contributed by atoms with Gasteiger partial charge in [0.25, 0.3) is 0 Å². The molecule has 0 bridgehead atoms. The molecule has 0 aliphatic rings. The Hall–Kier alpha value is -4.71. The molecule has 0 amide bonds. The van der Waals surface area contributed by atoms with Crippen molar-refractivity contribution in [2.45, 2.75) is 26.7 Å². The van der Waals surface area contributed by atoms with E-state index in [-0.39, 0.29) is 17.9 Å². The minimum Gasteiger partial charge on any atom is -0.466 e. The van der Waals surface area contributed by atoms with Crippen LogP contribution in [-0.4, -0.2) is 38.2 Å². The van der Waals surface area contributed by atoms with Gasteiger partial charge in [0.05, 0.1) is 20.3 Å². The highest BCUT2D eigenvalue weighted by atomic mass is 16.5. The Kier molecular flexibility index (Phi) is 18.6. The first kappa shape index (κ1) is 33.3. The second-order valence-electron chi connectivity index (χ2n) is 8.03. The largest absolute Gasteiger partial charge is 0.466 e. The first-order valence-corrected chi connectivity index (χ1v) is 13.1. The smallest absolute Gasteiger partial charge is 0.330 e. The molecule has 3 aromatic carbocycles. The zero-order valence-corrected chi connectivity index (χ0v) is 23.4. The highest BCUT2D eigenvalue weighted by molar-refractivity contribution is 5.87. The maximum Gasteiger partial charge on any atom is 0.330 e. The fraction of sp³-hybridized carbons (Fsp3) is 0.206. The van der Waals surface area contributed by atoms with Gasteiger partial charge in [0, 0.05) is 18.2 Å². The van der Waals surface area contributed by atoms with E-state index in [1.807, 2.05) is 91.0 Å². The minimum absolute atomic E-state index is 0.271. The number of hydrogen-bond donors (Lipinski definition) is 0. The highest BCUT2D eigenvalue weighted by Gasteiger charge is 1.95. The van der Waals surface area contributed by atoms with Crippen LogP contribution < -0.4 is 0 Å². The van der Waals surface area contributed by atoms with Crippen LogP contribution in [0.15, 0.2) is 109 Å². The van der Waals surface area contributed by atoms with Crippen LogP contribution in [0, 0.1) is 0 Å². The van der Waals surface area contributed by atoms with E-state index in [4.69, 9.17) is 9.47 Å². The van der Waals surface area contributed by atoms with Crippen molar-refractivity contribution in [3.05, 3.63) is 126 Å². The van der Waals surface area contributed by atoms with Gasteiger partial charge >= 0.3 is 17.9 Å². The van der Waals surface area contributed by atoms with Crippen LogP contribution in [0.25, 0.3) is 18.2 Å². The lowest BCUT2D eigenvalue weighted by atomic mass is 10.2. The molecule has 0 saturated heterocycles. The molecule has 0 heterocycles. The maximum atomic E-state index is 11.2. The molecule has 0 N–H and O–H groups in total. The lowest BCUT2D eigenvalue weighted by Gasteiger charge is -1.98. The molecule has 6 nitrogen and oxygen atoms in total. The average molecular weight is 543 g/mol. The number of carbonyl (C=O) groups excluding carboxylic acids is 3. The van der Waals surface area contributed by atoms with Gasteiger partial charge in [-0.3, -0.25) is 0 Å². The number of esters is 3. The van der Waals surface area contributed by atoms with E-state index in [0.29, 0.717) is 13.2 Å². The SMILES string of the molecule is CCCCOC(=O)/C=C/c1ccccc1.CCOC(=O)/C=C/c1ccccc1.COC(=O)/C=C/c1ccccc1. The Bertz CT molecular complexity index is 1180. The summed E-state index contributed by atoms with van der Waals surface area (Å²) >= 11 is 0. The highest BCUT2D eigenvalue weighted by Crippen LogP contribution is 2.02. The molecule has 0 atom stereocenters. The van der Waals surface area contributed by atoms with Crippen molar-refractivity contribution >= 4 is 36.1 Å². The second-order valence-corrected chi connectivity index (χ2v) is 8.03. The third kappa shape index (κ3) is 17.7. The Balaban J connectivity index is 0.000000302. The second kappa shape index (κ2) is 22.3. The predicted octanol–water partition coefficient (Wildman–Crippen LogP) is 7.18. The number of rotatable bonds is 10. The van der Waals surface area contributed by atoms with Gasteiger partial charge in [-0.15, -0.1) is 0 Å². The van der Waals surface area contributed by atoms with E-state index in [1.54, 1.807) is 25.2 Å². The quantitative estimate of drug-likeness (QED) is 0.117. The molecular weight excluding hydrogens is 504 g/mol. The number of ether oxygens (including phenoxy) is 3. The van der Waals surface area contributed by atoms with E-state index in [0.717, 1.165) is 29.5 Å². The van der Waals surface area contributed by atoms with Crippen molar-refractivity contribution in [3.8, 4) is 0 Å². The Morgan fingerprint density at radius 1 is 0.575 bits per heavy atom. The predicted molar refractivity (Wildman–Crippen MR) is 161 cm³/mol. The number of benzene rings is 3. The Morgan fingerprint density at radius 3 is 1.30 bits per heavy atom. The summed E-state index contributed by atoms with van der Waals surface area (Å²) in [6.07, 6.45) is 11.5. The molecule has 6 heteroatoms. The molecule has 0 aliphatic carbocycles. The van der Waals surface area contributed by atoms with E-state index < -0.39 is 0 Å². The van der Waals surface area contributed by atoms with Crippen LogP contribution in [-0.2, 0) is 28.6 Å². The van der Waals surface area contributed by atoms with Crippen LogP contribution in [0.2, 0.25) is 0 Å². The molecule has 3 aromatic rings. The van der Waals surface area contributed by atoms with E-state index in [9.17, 15) is 14.4 Å². The van der Waals surface area contributed by atoms with E-state index in [1.165, 1.54) is 25.3 Å². The normalized spacial score (nSPS) is 10.3. The van der Waals surface area contributed by atoms with Gasteiger partial charge < -0.3 is 14.2 Å². The van der Waals surface area contributed by atoms with E-state index in [2.05, 4.69) is 11.7 Å². The Morgan fingerprint density at radius 2 is 0.950 bits per heavy atom. The van der Waals surface area contributed by atoms with Crippen LogP contribution in [0.4, 0.5) is 0 Å². The van der Waals surface area contributed by atoms with Crippen molar-refractivity contribution < 1.29 is 28.6 Å². The van der Waals surface area contributed by atoms with Crippen LogP contribution in [0.5, 0.6) is 0 Å². The summed E-state index contributed by atoms with van der Waals surface area (Å²) in [6.45, 7) is 4.77. The third-order valence-corrected chi connectivity index (χ3v) is 4.86. The molecule has 210 valence electrons. The van der Waals surface area contributed by atoms with Gasteiger partial charge in [0.15, 0.2) is 0 Å². The van der Waals surface area contributed by atoms with Crippen LogP contribution >= 0.6 is 0 Å². The fourth-order valence-electron chi connectivity index (χ4n) is 2.81. The van der Waals surface area contributed by atoms with Crippen molar-refractivity contribution in [2.75, 3.05) is 20.3 Å². The van der Waals surface area contributed by atoms with Gasteiger partial charge in [0.1, 0.15) is 0 Å². The number of unbranched alkanes of at least 4 members (excludes halogenated alkanes) is 1. The zero-order valence-electron chi connectivity index (χ0n) is 23.4. The molecule has 40 heavy (non-hydrogen) atoms. The molecule has 0 aromatic heterocycles. The summed E-state index contributed by atoms with van der Waals surface area (Å²) in [4.78, 5) is 32.8. The molecule has 0 unspecified atom stereocenters. The van der Waals surface area contributed by atoms with Gasteiger partial charge in [0.2, 0.25) is 0 Å². The standard InChI is InChI=1S/C13H16O2.C11H12O2.C10H10O2/c1-2-3-11-15-13(14)10-9-12-7-5-4-6-8-12;1-2-13-11(12)9-8-10-6-4-3-5-7-10;1-12-10(11)8-7-9-5-3-2-4-6-9/h4-10H,2-3,11H2,1H3;3-9H,2H2,1H3;2-8H,1H3/b10-9+;9-8+;8-7+. The summed E-state index contributed by atoms with van der Waals surface area (Å²) in [5.74, 6) is -0.905.